The topological polar surface area (TPSA) is 12.0 Å². The second-order valence-corrected chi connectivity index (χ2v) is 6.16. The first kappa shape index (κ1) is 13.0. The molecule has 1 rings (SSSR count). The standard InChI is InChI=1S/C12H20ClNS/c1-9(2)8-10(14-3)4-5-11-6-7-12(13)15-11/h6-7,9-10,14H,4-5,8H2,1-3H3. The second-order valence-electron chi connectivity index (χ2n) is 4.36. The Morgan fingerprint density at radius 2 is 2.13 bits per heavy atom. The van der Waals surface area contributed by atoms with Gasteiger partial charge in [0.15, 0.2) is 0 Å². The lowest BCUT2D eigenvalue weighted by Gasteiger charge is -2.17. The smallest absolute Gasteiger partial charge is 0.0931 e. The van der Waals surface area contributed by atoms with Gasteiger partial charge < -0.3 is 5.32 Å². The lowest BCUT2D eigenvalue weighted by atomic mass is 10.00. The van der Waals surface area contributed by atoms with Gasteiger partial charge in [-0.25, -0.2) is 0 Å². The molecule has 0 bridgehead atoms. The Morgan fingerprint density at radius 3 is 2.60 bits per heavy atom. The molecular formula is C12H20ClNS. The van der Waals surface area contributed by atoms with Crippen molar-refractivity contribution in [3.8, 4) is 0 Å². The van der Waals surface area contributed by atoms with Crippen LogP contribution < -0.4 is 5.32 Å². The van der Waals surface area contributed by atoms with E-state index < -0.39 is 0 Å². The largest absolute Gasteiger partial charge is 0.317 e. The van der Waals surface area contributed by atoms with Crippen molar-refractivity contribution in [3.63, 3.8) is 0 Å². The Kier molecular flexibility index (Phi) is 5.65. The van der Waals surface area contributed by atoms with E-state index in [0.717, 1.165) is 16.7 Å². The van der Waals surface area contributed by atoms with E-state index in [-0.39, 0.29) is 0 Å². The fraction of sp³-hybridized carbons (Fsp3) is 0.667. The Bertz CT molecular complexity index is 283. The van der Waals surface area contributed by atoms with Crippen LogP contribution in [0.5, 0.6) is 0 Å². The maximum atomic E-state index is 5.90. The van der Waals surface area contributed by atoms with Crippen LogP contribution in [0.25, 0.3) is 0 Å². The van der Waals surface area contributed by atoms with Crippen molar-refractivity contribution in [1.29, 1.82) is 0 Å². The van der Waals surface area contributed by atoms with E-state index >= 15 is 0 Å². The Labute approximate surface area is 102 Å². The van der Waals surface area contributed by atoms with Crippen LogP contribution in [0.15, 0.2) is 12.1 Å². The zero-order valence-electron chi connectivity index (χ0n) is 9.72. The number of nitrogens with one attached hydrogen (secondary N) is 1. The molecule has 0 amide bonds. The number of hydrogen-bond acceptors (Lipinski definition) is 2. The third-order valence-corrected chi connectivity index (χ3v) is 3.82. The van der Waals surface area contributed by atoms with Crippen molar-refractivity contribution in [3.05, 3.63) is 21.3 Å². The fourth-order valence-corrected chi connectivity index (χ4v) is 2.85. The molecule has 1 aromatic heterocycles. The molecule has 0 aliphatic carbocycles. The molecule has 0 spiro atoms. The van der Waals surface area contributed by atoms with Gasteiger partial charge in [-0.2, -0.15) is 0 Å². The van der Waals surface area contributed by atoms with Gasteiger partial charge in [-0.15, -0.1) is 11.3 Å². The van der Waals surface area contributed by atoms with Crippen LogP contribution >= 0.6 is 22.9 Å². The summed E-state index contributed by atoms with van der Waals surface area (Å²) in [6.45, 7) is 4.54. The normalized spacial score (nSPS) is 13.4. The second kappa shape index (κ2) is 6.51. The molecule has 15 heavy (non-hydrogen) atoms. The average molecular weight is 246 g/mol. The van der Waals surface area contributed by atoms with Gasteiger partial charge in [-0.1, -0.05) is 25.4 Å². The summed E-state index contributed by atoms with van der Waals surface area (Å²) in [4.78, 5) is 1.39. The summed E-state index contributed by atoms with van der Waals surface area (Å²) in [5.74, 6) is 0.759. The van der Waals surface area contributed by atoms with Crippen LogP contribution in [0.2, 0.25) is 4.34 Å². The van der Waals surface area contributed by atoms with Gasteiger partial charge in [0, 0.05) is 10.9 Å². The summed E-state index contributed by atoms with van der Waals surface area (Å²) in [7, 11) is 2.05. The maximum Gasteiger partial charge on any atom is 0.0931 e. The fourth-order valence-electron chi connectivity index (χ4n) is 1.75. The summed E-state index contributed by atoms with van der Waals surface area (Å²) >= 11 is 7.59. The molecule has 0 fully saturated rings. The highest BCUT2D eigenvalue weighted by Gasteiger charge is 2.09. The molecule has 0 aliphatic heterocycles. The molecule has 86 valence electrons. The van der Waals surface area contributed by atoms with Crippen molar-refractivity contribution in [1.82, 2.24) is 5.32 Å². The summed E-state index contributed by atoms with van der Waals surface area (Å²) in [5, 5.41) is 3.38. The minimum absolute atomic E-state index is 0.630. The molecule has 1 heterocycles. The van der Waals surface area contributed by atoms with Crippen molar-refractivity contribution < 1.29 is 0 Å². The van der Waals surface area contributed by atoms with Crippen LogP contribution in [0.4, 0.5) is 0 Å². The molecule has 3 heteroatoms. The van der Waals surface area contributed by atoms with E-state index in [9.17, 15) is 0 Å². The molecule has 1 aromatic rings. The third kappa shape index (κ3) is 5.01. The van der Waals surface area contributed by atoms with Gasteiger partial charge >= 0.3 is 0 Å². The highest BCUT2D eigenvalue weighted by molar-refractivity contribution is 7.16. The molecular weight excluding hydrogens is 226 g/mol. The van der Waals surface area contributed by atoms with Crippen molar-refractivity contribution in [2.75, 3.05) is 7.05 Å². The first-order valence-corrected chi connectivity index (χ1v) is 6.72. The minimum Gasteiger partial charge on any atom is -0.317 e. The Hall–Kier alpha value is -0.0500. The lowest BCUT2D eigenvalue weighted by molar-refractivity contribution is 0.422. The van der Waals surface area contributed by atoms with Gasteiger partial charge in [-0.3, -0.25) is 0 Å². The first-order chi connectivity index (χ1) is 7.11. The predicted octanol–water partition coefficient (Wildman–Crippen LogP) is 3.97. The van der Waals surface area contributed by atoms with Crippen molar-refractivity contribution in [2.45, 2.75) is 39.2 Å². The van der Waals surface area contributed by atoms with Crippen molar-refractivity contribution >= 4 is 22.9 Å². The molecule has 0 radical (unpaired) electrons. The lowest BCUT2D eigenvalue weighted by Crippen LogP contribution is -2.27. The highest BCUT2D eigenvalue weighted by atomic mass is 35.5. The summed E-state index contributed by atoms with van der Waals surface area (Å²) in [6, 6.07) is 4.75. The molecule has 0 saturated carbocycles. The summed E-state index contributed by atoms with van der Waals surface area (Å²) in [5.41, 5.74) is 0. The Balaban J connectivity index is 2.34. The quantitative estimate of drug-likeness (QED) is 0.800. The predicted molar refractivity (Wildman–Crippen MR) is 70.0 cm³/mol. The van der Waals surface area contributed by atoms with Gasteiger partial charge in [0.25, 0.3) is 0 Å². The van der Waals surface area contributed by atoms with Crippen molar-refractivity contribution in [2.24, 2.45) is 5.92 Å². The number of hydrogen-bond donors (Lipinski definition) is 1. The van der Waals surface area contributed by atoms with Gasteiger partial charge in [0.05, 0.1) is 4.34 Å². The minimum atomic E-state index is 0.630. The SMILES string of the molecule is CNC(CCc1ccc(Cl)s1)CC(C)C. The van der Waals surface area contributed by atoms with Crippen LogP contribution in [0.3, 0.4) is 0 Å². The number of aryl methyl sites for hydroxylation is 1. The van der Waals surface area contributed by atoms with Crippen LogP contribution in [0.1, 0.15) is 31.6 Å². The maximum absolute atomic E-state index is 5.90. The van der Waals surface area contributed by atoms with Crippen LogP contribution in [-0.4, -0.2) is 13.1 Å². The van der Waals surface area contributed by atoms with E-state index in [1.165, 1.54) is 17.7 Å². The van der Waals surface area contributed by atoms with Gasteiger partial charge in [0.1, 0.15) is 0 Å². The van der Waals surface area contributed by atoms with E-state index in [1.807, 2.05) is 6.07 Å². The molecule has 1 nitrogen and oxygen atoms in total. The zero-order chi connectivity index (χ0) is 11.3. The van der Waals surface area contributed by atoms with Gasteiger partial charge in [-0.05, 0) is 44.4 Å². The molecule has 1 unspecified atom stereocenters. The first-order valence-electron chi connectivity index (χ1n) is 5.53. The molecule has 0 aliphatic rings. The van der Waals surface area contributed by atoms with Crippen LogP contribution in [-0.2, 0) is 6.42 Å². The molecule has 1 atom stereocenters. The Morgan fingerprint density at radius 1 is 1.40 bits per heavy atom. The van der Waals surface area contributed by atoms with Gasteiger partial charge in [0.2, 0.25) is 0 Å². The van der Waals surface area contributed by atoms with E-state index in [2.05, 4.69) is 32.3 Å². The number of rotatable bonds is 6. The van der Waals surface area contributed by atoms with E-state index in [1.54, 1.807) is 11.3 Å². The molecule has 0 saturated heterocycles. The highest BCUT2D eigenvalue weighted by Crippen LogP contribution is 2.23. The number of halogens is 1. The van der Waals surface area contributed by atoms with E-state index in [0.29, 0.717) is 6.04 Å². The summed E-state index contributed by atoms with van der Waals surface area (Å²) in [6.07, 6.45) is 3.58. The third-order valence-electron chi connectivity index (χ3n) is 2.53. The zero-order valence-corrected chi connectivity index (χ0v) is 11.3. The van der Waals surface area contributed by atoms with E-state index in [4.69, 9.17) is 11.6 Å². The number of thiophene rings is 1. The molecule has 1 N–H and O–H groups in total. The molecule has 0 aromatic carbocycles. The average Bonchev–Trinajstić information content (AvgIpc) is 2.58. The van der Waals surface area contributed by atoms with Crippen LogP contribution in [0, 0.1) is 5.92 Å². The monoisotopic (exact) mass is 245 g/mol. The summed E-state index contributed by atoms with van der Waals surface area (Å²) < 4.78 is 0.898.